The SMILES string of the molecule is CC(=NC(C)N1CCOCC1C)NC(N)NC12COC(C)(C1)C2. The average molecular weight is 325 g/mol. The Bertz CT molecular complexity index is 463. The van der Waals surface area contributed by atoms with Crippen LogP contribution in [0, 0.1) is 0 Å². The van der Waals surface area contributed by atoms with E-state index in [-0.39, 0.29) is 23.6 Å². The van der Waals surface area contributed by atoms with Gasteiger partial charge in [-0.2, -0.15) is 0 Å². The first-order valence-electron chi connectivity index (χ1n) is 8.63. The maximum atomic E-state index is 6.20. The lowest BCUT2D eigenvalue weighted by molar-refractivity contribution is -0.0167. The number of aliphatic imine (C=N–C) groups is 1. The predicted octanol–water partition coefficient (Wildman–Crippen LogP) is 0.215. The fourth-order valence-electron chi connectivity index (χ4n) is 4.32. The Balaban J connectivity index is 1.48. The summed E-state index contributed by atoms with van der Waals surface area (Å²) >= 11 is 0. The van der Waals surface area contributed by atoms with Crippen LogP contribution in [-0.4, -0.2) is 66.7 Å². The zero-order chi connectivity index (χ0) is 16.7. The van der Waals surface area contributed by atoms with Crippen LogP contribution in [0.3, 0.4) is 0 Å². The van der Waals surface area contributed by atoms with E-state index in [4.69, 9.17) is 20.2 Å². The van der Waals surface area contributed by atoms with Gasteiger partial charge in [0.05, 0.1) is 36.8 Å². The van der Waals surface area contributed by atoms with Gasteiger partial charge in [0, 0.05) is 12.6 Å². The van der Waals surface area contributed by atoms with Crippen LogP contribution in [0.1, 0.15) is 40.5 Å². The molecule has 0 aromatic rings. The third-order valence-corrected chi connectivity index (χ3v) is 5.23. The van der Waals surface area contributed by atoms with Crippen LogP contribution in [0.25, 0.3) is 0 Å². The Labute approximate surface area is 139 Å². The maximum Gasteiger partial charge on any atom is 0.131 e. The standard InChI is InChI=1S/C16H31N5O2/c1-11-7-22-6-5-21(11)13(3)18-12(2)19-14(17)20-16-8-15(4,9-16)23-10-16/h11,13-14,20H,5-10,17H2,1-4H3,(H,18,19). The second-order valence-corrected chi connectivity index (χ2v) is 7.65. The molecule has 7 nitrogen and oxygen atoms in total. The Morgan fingerprint density at radius 3 is 2.78 bits per heavy atom. The molecule has 0 amide bonds. The van der Waals surface area contributed by atoms with E-state index >= 15 is 0 Å². The quantitative estimate of drug-likeness (QED) is 0.381. The third-order valence-electron chi connectivity index (χ3n) is 5.23. The van der Waals surface area contributed by atoms with Gasteiger partial charge in [0.25, 0.3) is 0 Å². The summed E-state index contributed by atoms with van der Waals surface area (Å²) in [6.45, 7) is 11.6. The van der Waals surface area contributed by atoms with Crippen molar-refractivity contribution < 1.29 is 9.47 Å². The number of hydrogen-bond donors (Lipinski definition) is 3. The molecule has 0 radical (unpaired) electrons. The molecule has 3 unspecified atom stereocenters. The summed E-state index contributed by atoms with van der Waals surface area (Å²) < 4.78 is 11.3. The minimum Gasteiger partial charge on any atom is -0.379 e. The molecule has 3 saturated heterocycles. The first-order chi connectivity index (χ1) is 10.8. The van der Waals surface area contributed by atoms with E-state index in [2.05, 4.69) is 36.3 Å². The Morgan fingerprint density at radius 2 is 2.17 bits per heavy atom. The zero-order valence-corrected chi connectivity index (χ0v) is 14.8. The first kappa shape index (κ1) is 17.1. The lowest BCUT2D eigenvalue weighted by atomic mass is 9.69. The predicted molar refractivity (Wildman–Crippen MR) is 90.1 cm³/mol. The van der Waals surface area contributed by atoms with E-state index in [0.717, 1.165) is 45.0 Å². The number of nitrogens with two attached hydrogens (primary N) is 1. The molecule has 2 bridgehead atoms. The van der Waals surface area contributed by atoms with Crippen molar-refractivity contribution in [3.8, 4) is 0 Å². The van der Waals surface area contributed by atoms with Gasteiger partial charge in [-0.25, -0.2) is 0 Å². The molecule has 4 N–H and O–H groups in total. The van der Waals surface area contributed by atoms with Crippen molar-refractivity contribution in [3.63, 3.8) is 0 Å². The highest BCUT2D eigenvalue weighted by atomic mass is 16.5. The van der Waals surface area contributed by atoms with Gasteiger partial charge in [-0.3, -0.25) is 20.9 Å². The molecule has 1 saturated carbocycles. The number of fused-ring (bicyclic) bond motifs is 1. The van der Waals surface area contributed by atoms with E-state index in [1.165, 1.54) is 0 Å². The Hall–Kier alpha value is -0.730. The number of nitrogens with zero attached hydrogens (tertiary/aromatic N) is 2. The molecule has 0 spiro atoms. The second kappa shape index (κ2) is 6.29. The minimum atomic E-state index is -0.306. The van der Waals surface area contributed by atoms with Crippen LogP contribution in [0.2, 0.25) is 0 Å². The third kappa shape index (κ3) is 3.69. The molecule has 1 aliphatic carbocycles. The second-order valence-electron chi connectivity index (χ2n) is 7.65. The van der Waals surface area contributed by atoms with Gasteiger partial charge in [0.2, 0.25) is 0 Å². The van der Waals surface area contributed by atoms with E-state index in [1.807, 2.05) is 6.92 Å². The Morgan fingerprint density at radius 1 is 1.43 bits per heavy atom. The number of hydrogen-bond acceptors (Lipinski definition) is 6. The van der Waals surface area contributed by atoms with E-state index in [1.54, 1.807) is 0 Å². The summed E-state index contributed by atoms with van der Waals surface area (Å²) in [5.74, 6) is 0.855. The molecule has 4 fully saturated rings. The zero-order valence-electron chi connectivity index (χ0n) is 14.8. The molecular formula is C16H31N5O2. The topological polar surface area (TPSA) is 84.1 Å². The summed E-state index contributed by atoms with van der Waals surface area (Å²) in [6, 6.07) is 0.393. The van der Waals surface area contributed by atoms with Crippen molar-refractivity contribution in [2.24, 2.45) is 10.7 Å². The molecule has 4 rings (SSSR count). The molecule has 7 heteroatoms. The Kier molecular flexibility index (Phi) is 4.68. The van der Waals surface area contributed by atoms with Crippen LogP contribution in [-0.2, 0) is 9.47 Å². The lowest BCUT2D eigenvalue weighted by Crippen LogP contribution is -2.65. The molecule has 132 valence electrons. The number of rotatable bonds is 5. The van der Waals surface area contributed by atoms with Gasteiger partial charge in [0.15, 0.2) is 0 Å². The number of nitrogens with one attached hydrogen (secondary N) is 2. The van der Waals surface area contributed by atoms with Crippen LogP contribution in [0.15, 0.2) is 4.99 Å². The van der Waals surface area contributed by atoms with Crippen molar-refractivity contribution in [3.05, 3.63) is 0 Å². The highest BCUT2D eigenvalue weighted by molar-refractivity contribution is 5.79. The fraction of sp³-hybridized carbons (Fsp3) is 0.938. The molecule has 3 atom stereocenters. The molecule has 23 heavy (non-hydrogen) atoms. The monoisotopic (exact) mass is 325 g/mol. The van der Waals surface area contributed by atoms with Gasteiger partial charge in [0.1, 0.15) is 12.5 Å². The minimum absolute atomic E-state index is 0.0474. The van der Waals surface area contributed by atoms with Crippen LogP contribution in [0.5, 0.6) is 0 Å². The van der Waals surface area contributed by atoms with Gasteiger partial charge in [-0.15, -0.1) is 0 Å². The van der Waals surface area contributed by atoms with Gasteiger partial charge in [-0.1, -0.05) is 0 Å². The van der Waals surface area contributed by atoms with Crippen molar-refractivity contribution in [1.29, 1.82) is 0 Å². The highest BCUT2D eigenvalue weighted by Crippen LogP contribution is 2.51. The largest absolute Gasteiger partial charge is 0.379 e. The van der Waals surface area contributed by atoms with E-state index in [0.29, 0.717) is 6.04 Å². The van der Waals surface area contributed by atoms with E-state index < -0.39 is 0 Å². The maximum absolute atomic E-state index is 6.20. The van der Waals surface area contributed by atoms with Crippen molar-refractivity contribution in [1.82, 2.24) is 15.5 Å². The number of amidine groups is 1. The van der Waals surface area contributed by atoms with Gasteiger partial charge < -0.3 is 14.8 Å². The number of ether oxygens (including phenoxy) is 2. The molecule has 3 heterocycles. The number of morpholine rings is 1. The summed E-state index contributed by atoms with van der Waals surface area (Å²) in [4.78, 5) is 7.10. The molecular weight excluding hydrogens is 294 g/mol. The fourth-order valence-corrected chi connectivity index (χ4v) is 4.32. The van der Waals surface area contributed by atoms with Crippen molar-refractivity contribution in [2.45, 2.75) is 70.2 Å². The molecule has 3 aliphatic heterocycles. The normalized spacial score (nSPS) is 40.6. The molecule has 4 aliphatic rings. The summed E-state index contributed by atoms with van der Waals surface area (Å²) in [6.07, 6.45) is 1.88. The van der Waals surface area contributed by atoms with Crippen LogP contribution < -0.4 is 16.4 Å². The van der Waals surface area contributed by atoms with Gasteiger partial charge in [-0.05, 0) is 40.5 Å². The summed E-state index contributed by atoms with van der Waals surface area (Å²) in [5, 5.41) is 6.72. The lowest BCUT2D eigenvalue weighted by Gasteiger charge is -2.44. The molecule has 0 aromatic heterocycles. The van der Waals surface area contributed by atoms with Crippen molar-refractivity contribution in [2.75, 3.05) is 26.4 Å². The molecule has 0 aromatic carbocycles. The van der Waals surface area contributed by atoms with Crippen molar-refractivity contribution >= 4 is 5.84 Å². The van der Waals surface area contributed by atoms with E-state index in [9.17, 15) is 0 Å². The summed E-state index contributed by atoms with van der Waals surface area (Å²) in [7, 11) is 0. The van der Waals surface area contributed by atoms with Crippen LogP contribution >= 0.6 is 0 Å². The average Bonchev–Trinajstić information content (AvgIpc) is 2.91. The summed E-state index contributed by atoms with van der Waals surface area (Å²) in [5.41, 5.74) is 6.31. The van der Waals surface area contributed by atoms with Crippen LogP contribution in [0.4, 0.5) is 0 Å². The highest BCUT2D eigenvalue weighted by Gasteiger charge is 2.60. The van der Waals surface area contributed by atoms with Gasteiger partial charge >= 0.3 is 0 Å². The smallest absolute Gasteiger partial charge is 0.131 e. The first-order valence-corrected chi connectivity index (χ1v) is 8.63.